The average molecular weight is 396 g/mol. The number of hydrogen-bond acceptors (Lipinski definition) is 5. The van der Waals surface area contributed by atoms with Gasteiger partial charge in [-0.1, -0.05) is 5.57 Å². The second kappa shape index (κ2) is 8.27. The molecule has 0 N–H and O–H groups in total. The molecule has 1 saturated carbocycles. The Labute approximate surface area is 173 Å². The molecule has 0 spiro atoms. The fourth-order valence-corrected chi connectivity index (χ4v) is 6.23. The molecule has 3 aliphatic carbocycles. The fourth-order valence-electron chi connectivity index (χ4n) is 6.23. The number of hydrogen-bond donors (Lipinski definition) is 0. The number of allylic oxidation sites excluding steroid dienone is 2. The number of rotatable bonds is 5. The molecule has 1 saturated heterocycles. The van der Waals surface area contributed by atoms with Gasteiger partial charge in [-0.05, 0) is 69.3 Å². The van der Waals surface area contributed by atoms with Crippen LogP contribution in [0.15, 0.2) is 11.9 Å². The van der Waals surface area contributed by atoms with Crippen molar-refractivity contribution in [2.75, 3.05) is 26.3 Å². The summed E-state index contributed by atoms with van der Waals surface area (Å²) in [5.41, 5.74) is 6.79. The average Bonchev–Trinajstić information content (AvgIpc) is 3.29. The van der Waals surface area contributed by atoms with Crippen molar-refractivity contribution < 1.29 is 9.53 Å². The molecule has 1 aromatic heterocycles. The number of aromatic nitrogens is 2. The van der Waals surface area contributed by atoms with Gasteiger partial charge < -0.3 is 9.53 Å². The second-order valence-corrected chi connectivity index (χ2v) is 9.50. The molecule has 1 aromatic rings. The van der Waals surface area contributed by atoms with Gasteiger partial charge in [0.2, 0.25) is 0 Å². The Morgan fingerprint density at radius 1 is 1.14 bits per heavy atom. The summed E-state index contributed by atoms with van der Waals surface area (Å²) < 4.78 is 5.52. The largest absolute Gasteiger partial charge is 0.379 e. The standard InChI is InChI=1S/C24H33N3O2/c1-16(28)12-18-4-5-19-14-22-24(23(18)19)21(25-15-26-22)13-17-2-6-20(7-3-17)27-8-10-29-11-9-27/h15,17-18,20H,2-14H2,1H3/t17-,18-,20-/m1/s1. The summed E-state index contributed by atoms with van der Waals surface area (Å²) in [6, 6.07) is 0.746. The zero-order valence-electron chi connectivity index (χ0n) is 17.7. The molecular weight excluding hydrogens is 362 g/mol. The van der Waals surface area contributed by atoms with Gasteiger partial charge in [-0.25, -0.2) is 9.97 Å². The van der Waals surface area contributed by atoms with Gasteiger partial charge in [0.05, 0.1) is 24.6 Å². The lowest BCUT2D eigenvalue weighted by molar-refractivity contribution is -0.117. The van der Waals surface area contributed by atoms with Crippen LogP contribution in [-0.2, 0) is 22.4 Å². The Kier molecular flexibility index (Phi) is 5.53. The number of morpholine rings is 1. The van der Waals surface area contributed by atoms with Crippen LogP contribution in [-0.4, -0.2) is 53.0 Å². The van der Waals surface area contributed by atoms with Gasteiger partial charge in [0.25, 0.3) is 0 Å². The Morgan fingerprint density at radius 3 is 2.69 bits per heavy atom. The molecule has 5 heteroatoms. The third-order valence-corrected chi connectivity index (χ3v) is 7.63. The lowest BCUT2D eigenvalue weighted by Crippen LogP contribution is -2.45. The molecule has 0 amide bonds. The molecule has 0 aromatic carbocycles. The SMILES string of the molecule is CC(=O)C[C@H]1CCC2=C1c1c(ncnc1C[C@H]1CC[C@H](N3CCOCC3)CC1)C2. The minimum atomic E-state index is 0.303. The highest BCUT2D eigenvalue weighted by atomic mass is 16.5. The van der Waals surface area contributed by atoms with Gasteiger partial charge in [0, 0.05) is 37.5 Å². The van der Waals surface area contributed by atoms with Crippen LogP contribution in [0.4, 0.5) is 0 Å². The predicted molar refractivity (Wildman–Crippen MR) is 113 cm³/mol. The minimum absolute atomic E-state index is 0.303. The number of fused-ring (bicyclic) bond motifs is 2. The molecule has 156 valence electrons. The van der Waals surface area contributed by atoms with Gasteiger partial charge in [0.1, 0.15) is 12.1 Å². The van der Waals surface area contributed by atoms with E-state index in [0.717, 1.165) is 63.9 Å². The van der Waals surface area contributed by atoms with Gasteiger partial charge in [-0.15, -0.1) is 0 Å². The molecule has 0 radical (unpaired) electrons. The maximum Gasteiger partial charge on any atom is 0.130 e. The van der Waals surface area contributed by atoms with Gasteiger partial charge in [-0.2, -0.15) is 0 Å². The smallest absolute Gasteiger partial charge is 0.130 e. The first-order chi connectivity index (χ1) is 14.2. The zero-order chi connectivity index (χ0) is 19.8. The molecule has 0 unspecified atom stereocenters. The number of ketones is 1. The van der Waals surface area contributed by atoms with Crippen LogP contribution in [0.5, 0.6) is 0 Å². The molecule has 5 rings (SSSR count). The van der Waals surface area contributed by atoms with Crippen LogP contribution in [0.3, 0.4) is 0 Å². The molecular formula is C24H33N3O2. The predicted octanol–water partition coefficient (Wildman–Crippen LogP) is 3.61. The van der Waals surface area contributed by atoms with Crippen LogP contribution in [0, 0.1) is 11.8 Å². The van der Waals surface area contributed by atoms with Crippen LogP contribution < -0.4 is 0 Å². The van der Waals surface area contributed by atoms with E-state index in [9.17, 15) is 4.79 Å². The third-order valence-electron chi connectivity index (χ3n) is 7.63. The van der Waals surface area contributed by atoms with Gasteiger partial charge in [-0.3, -0.25) is 4.90 Å². The Balaban J connectivity index is 1.28. The number of Topliss-reactive ketones (excluding diaryl/α,β-unsaturated/α-hetero) is 1. The van der Waals surface area contributed by atoms with Crippen LogP contribution in [0.1, 0.15) is 68.8 Å². The van der Waals surface area contributed by atoms with Crippen LogP contribution >= 0.6 is 0 Å². The molecule has 1 aliphatic heterocycles. The zero-order valence-corrected chi connectivity index (χ0v) is 17.7. The summed E-state index contributed by atoms with van der Waals surface area (Å²) in [5.74, 6) is 1.42. The summed E-state index contributed by atoms with van der Waals surface area (Å²) in [6.07, 6.45) is 12.0. The number of nitrogens with zero attached hydrogens (tertiary/aromatic N) is 3. The molecule has 2 heterocycles. The Morgan fingerprint density at radius 2 is 1.93 bits per heavy atom. The van der Waals surface area contributed by atoms with Crippen molar-refractivity contribution >= 4 is 11.4 Å². The summed E-state index contributed by atoms with van der Waals surface area (Å²) in [4.78, 5) is 23.8. The van der Waals surface area contributed by atoms with E-state index < -0.39 is 0 Å². The normalized spacial score (nSPS) is 29.8. The van der Waals surface area contributed by atoms with E-state index in [4.69, 9.17) is 9.72 Å². The van der Waals surface area contributed by atoms with Crippen LogP contribution in [0.25, 0.3) is 5.57 Å². The van der Waals surface area contributed by atoms with E-state index in [0.29, 0.717) is 18.1 Å². The molecule has 29 heavy (non-hydrogen) atoms. The van der Waals surface area contributed by atoms with E-state index in [-0.39, 0.29) is 0 Å². The number of carbonyl (C=O) groups is 1. The number of carbonyl (C=O) groups excluding carboxylic acids is 1. The van der Waals surface area contributed by atoms with E-state index in [1.165, 1.54) is 53.8 Å². The first kappa shape index (κ1) is 19.4. The maximum absolute atomic E-state index is 11.8. The topological polar surface area (TPSA) is 55.3 Å². The van der Waals surface area contributed by atoms with Crippen molar-refractivity contribution in [2.45, 2.75) is 70.8 Å². The summed E-state index contributed by atoms with van der Waals surface area (Å²) in [6.45, 7) is 5.72. The molecule has 5 nitrogen and oxygen atoms in total. The Bertz CT molecular complexity index is 804. The van der Waals surface area contributed by atoms with E-state index >= 15 is 0 Å². The third kappa shape index (κ3) is 3.91. The van der Waals surface area contributed by atoms with Crippen molar-refractivity contribution in [3.63, 3.8) is 0 Å². The van der Waals surface area contributed by atoms with Crippen molar-refractivity contribution in [1.29, 1.82) is 0 Å². The fraction of sp³-hybridized carbons (Fsp3) is 0.708. The molecule has 4 aliphatic rings. The lowest BCUT2D eigenvalue weighted by Gasteiger charge is -2.38. The van der Waals surface area contributed by atoms with Crippen molar-refractivity contribution in [3.05, 3.63) is 28.9 Å². The molecule has 2 fully saturated rings. The highest BCUT2D eigenvalue weighted by Gasteiger charge is 2.36. The monoisotopic (exact) mass is 395 g/mol. The van der Waals surface area contributed by atoms with Crippen molar-refractivity contribution in [1.82, 2.24) is 14.9 Å². The van der Waals surface area contributed by atoms with Gasteiger partial charge >= 0.3 is 0 Å². The first-order valence-electron chi connectivity index (χ1n) is 11.5. The van der Waals surface area contributed by atoms with Crippen molar-refractivity contribution in [2.24, 2.45) is 11.8 Å². The summed E-state index contributed by atoms with van der Waals surface area (Å²) >= 11 is 0. The van der Waals surface area contributed by atoms with E-state index in [1.54, 1.807) is 13.3 Å². The highest BCUT2D eigenvalue weighted by Crippen LogP contribution is 2.48. The van der Waals surface area contributed by atoms with E-state index in [1.807, 2.05) is 0 Å². The number of ether oxygens (including phenoxy) is 1. The summed E-state index contributed by atoms with van der Waals surface area (Å²) in [7, 11) is 0. The first-order valence-corrected chi connectivity index (χ1v) is 11.5. The van der Waals surface area contributed by atoms with E-state index in [2.05, 4.69) is 9.88 Å². The molecule has 0 bridgehead atoms. The maximum atomic E-state index is 11.8. The highest BCUT2D eigenvalue weighted by molar-refractivity contribution is 5.84. The minimum Gasteiger partial charge on any atom is -0.379 e. The Hall–Kier alpha value is -1.59. The van der Waals surface area contributed by atoms with Gasteiger partial charge in [0.15, 0.2) is 0 Å². The lowest BCUT2D eigenvalue weighted by atomic mass is 9.81. The summed E-state index contributed by atoms with van der Waals surface area (Å²) in [5, 5.41) is 0. The second-order valence-electron chi connectivity index (χ2n) is 9.50. The van der Waals surface area contributed by atoms with Crippen LogP contribution in [0.2, 0.25) is 0 Å². The van der Waals surface area contributed by atoms with Crippen molar-refractivity contribution in [3.8, 4) is 0 Å². The molecule has 1 atom stereocenters. The quantitative estimate of drug-likeness (QED) is 0.762.